The topological polar surface area (TPSA) is 98.1 Å². The second kappa shape index (κ2) is 8.06. The Balaban J connectivity index is 1.90. The number of fused-ring (bicyclic) bond motifs is 2. The molecule has 6 nitrogen and oxygen atoms in total. The molecule has 148 valence electrons. The van der Waals surface area contributed by atoms with Gasteiger partial charge in [0.1, 0.15) is 22.8 Å². The molecule has 0 bridgehead atoms. The van der Waals surface area contributed by atoms with Crippen molar-refractivity contribution in [1.29, 1.82) is 10.5 Å². The summed E-state index contributed by atoms with van der Waals surface area (Å²) < 4.78 is 0. The lowest BCUT2D eigenvalue weighted by molar-refractivity contribution is 1.15. The maximum absolute atomic E-state index is 9.39. The fourth-order valence-electron chi connectivity index (χ4n) is 3.84. The summed E-state index contributed by atoms with van der Waals surface area (Å²) in [6, 6.07) is 26.9. The fourth-order valence-corrected chi connectivity index (χ4v) is 3.84. The average Bonchev–Trinajstić information content (AvgIpc) is 2.86. The van der Waals surface area contributed by atoms with Crippen molar-refractivity contribution in [2.45, 2.75) is 0 Å². The number of aromatic nitrogens is 2. The van der Waals surface area contributed by atoms with Gasteiger partial charge in [0.25, 0.3) is 0 Å². The van der Waals surface area contributed by atoms with Gasteiger partial charge in [0, 0.05) is 22.3 Å². The maximum atomic E-state index is 9.39. The van der Waals surface area contributed by atoms with Crippen molar-refractivity contribution in [3.63, 3.8) is 0 Å². The summed E-state index contributed by atoms with van der Waals surface area (Å²) in [6.45, 7) is 0. The van der Waals surface area contributed by atoms with Gasteiger partial charge in [0.05, 0.1) is 11.4 Å². The zero-order valence-electron chi connectivity index (χ0n) is 16.8. The molecule has 1 aliphatic rings. The lowest BCUT2D eigenvalue weighted by Crippen LogP contribution is -2.25. The third-order valence-electron chi connectivity index (χ3n) is 5.20. The molecule has 0 N–H and O–H groups in total. The lowest BCUT2D eigenvalue weighted by atomic mass is 9.87. The Morgan fingerprint density at radius 3 is 1.25 bits per heavy atom. The molecule has 0 aliphatic heterocycles. The molecule has 5 rings (SSSR count). The molecule has 0 saturated heterocycles. The fraction of sp³-hybridized carbons (Fsp3) is 0. The Bertz CT molecular complexity index is 1360. The largest absolute Gasteiger partial charge is 0.241 e. The van der Waals surface area contributed by atoms with Crippen LogP contribution in [0.15, 0.2) is 94.9 Å². The van der Waals surface area contributed by atoms with Gasteiger partial charge in [-0.1, -0.05) is 84.9 Å². The van der Waals surface area contributed by atoms with Crippen LogP contribution in [0.1, 0.15) is 22.5 Å². The highest BCUT2D eigenvalue weighted by molar-refractivity contribution is 6.30. The molecule has 0 fully saturated rings. The monoisotopic (exact) mass is 410 g/mol. The van der Waals surface area contributed by atoms with Crippen LogP contribution in [0, 0.1) is 22.9 Å². The number of rotatable bonds is 2. The highest BCUT2D eigenvalue weighted by Gasteiger charge is 2.31. The van der Waals surface area contributed by atoms with E-state index in [-0.39, 0.29) is 0 Å². The van der Waals surface area contributed by atoms with Gasteiger partial charge in [-0.15, -0.1) is 0 Å². The van der Waals surface area contributed by atoms with Crippen molar-refractivity contribution in [2.75, 3.05) is 0 Å². The van der Waals surface area contributed by atoms with Crippen molar-refractivity contribution in [3.8, 4) is 34.9 Å². The van der Waals surface area contributed by atoms with Crippen molar-refractivity contribution >= 4 is 11.4 Å². The molecule has 0 spiro atoms. The summed E-state index contributed by atoms with van der Waals surface area (Å²) in [6.07, 6.45) is 3.77. The number of benzene rings is 3. The highest BCUT2D eigenvalue weighted by atomic mass is 14.9. The van der Waals surface area contributed by atoms with Crippen molar-refractivity contribution in [2.24, 2.45) is 9.98 Å². The summed E-state index contributed by atoms with van der Waals surface area (Å²) >= 11 is 0. The summed E-state index contributed by atoms with van der Waals surface area (Å²) in [5.74, 6) is 0. The standard InChI is InChI=1S/C26H14N6/c27-15-29-23-19-13-7-8-14-20(19)24(30-16-28)26-25(23)31-21(17-9-3-1-4-10-17)22(32-26)18-11-5-2-6-12-18/h1-14H. The van der Waals surface area contributed by atoms with Crippen LogP contribution in [0.5, 0.6) is 0 Å². The Morgan fingerprint density at radius 2 is 0.875 bits per heavy atom. The normalized spacial score (nSPS) is 14.3. The van der Waals surface area contributed by atoms with Crippen molar-refractivity contribution < 1.29 is 0 Å². The highest BCUT2D eigenvalue weighted by Crippen LogP contribution is 2.34. The molecular weight excluding hydrogens is 396 g/mol. The predicted octanol–water partition coefficient (Wildman–Crippen LogP) is 4.76. The first-order valence-electron chi connectivity index (χ1n) is 9.88. The van der Waals surface area contributed by atoms with Crippen LogP contribution in [-0.4, -0.2) is 21.4 Å². The van der Waals surface area contributed by atoms with Gasteiger partial charge < -0.3 is 0 Å². The van der Waals surface area contributed by atoms with E-state index in [1.165, 1.54) is 0 Å². The number of hydrogen-bond acceptors (Lipinski definition) is 6. The molecule has 6 heteroatoms. The van der Waals surface area contributed by atoms with E-state index in [9.17, 15) is 10.5 Å². The molecular formula is C26H14N6. The molecule has 0 amide bonds. The van der Waals surface area contributed by atoms with Gasteiger partial charge in [-0.05, 0) is 0 Å². The van der Waals surface area contributed by atoms with Crippen molar-refractivity contribution in [3.05, 3.63) is 107 Å². The van der Waals surface area contributed by atoms with E-state index < -0.39 is 0 Å². The first-order chi connectivity index (χ1) is 15.8. The zero-order chi connectivity index (χ0) is 21.9. The van der Waals surface area contributed by atoms with E-state index in [2.05, 4.69) is 9.98 Å². The summed E-state index contributed by atoms with van der Waals surface area (Å²) in [5.41, 5.74) is 6.17. The maximum Gasteiger partial charge on any atom is 0.206 e. The van der Waals surface area contributed by atoms with E-state index in [4.69, 9.17) is 9.97 Å². The van der Waals surface area contributed by atoms with Crippen LogP contribution < -0.4 is 0 Å². The first kappa shape index (κ1) is 19.0. The Kier molecular flexibility index (Phi) is 4.80. The molecule has 4 aromatic rings. The number of nitrogens with zero attached hydrogens (tertiary/aromatic N) is 6. The van der Waals surface area contributed by atoms with Crippen LogP contribution in [0.25, 0.3) is 22.5 Å². The second-order valence-corrected chi connectivity index (χ2v) is 7.02. The van der Waals surface area contributed by atoms with E-state index >= 15 is 0 Å². The molecule has 0 radical (unpaired) electrons. The lowest BCUT2D eigenvalue weighted by Gasteiger charge is -2.22. The smallest absolute Gasteiger partial charge is 0.206 e. The zero-order valence-corrected chi connectivity index (χ0v) is 16.8. The SMILES string of the molecule is N#CN=C1c2ccccc2C(=NC#N)c2nc(-c3ccccc3)c(-c3ccccc3)nc21. The Morgan fingerprint density at radius 1 is 0.500 bits per heavy atom. The van der Waals surface area contributed by atoms with Gasteiger partial charge in [-0.2, -0.15) is 20.5 Å². The quantitative estimate of drug-likeness (QED) is 0.392. The average molecular weight is 410 g/mol. The molecule has 0 unspecified atom stereocenters. The van der Waals surface area contributed by atoms with Crippen LogP contribution in [-0.2, 0) is 0 Å². The number of hydrogen-bond donors (Lipinski definition) is 0. The minimum absolute atomic E-state index is 0.416. The van der Waals surface area contributed by atoms with Crippen LogP contribution in [0.2, 0.25) is 0 Å². The van der Waals surface area contributed by atoms with E-state index in [1.807, 2.05) is 97.3 Å². The van der Waals surface area contributed by atoms with Crippen LogP contribution in [0.4, 0.5) is 0 Å². The van der Waals surface area contributed by atoms with E-state index in [0.717, 1.165) is 11.1 Å². The van der Waals surface area contributed by atoms with E-state index in [0.29, 0.717) is 45.3 Å². The second-order valence-electron chi connectivity index (χ2n) is 7.02. The number of aliphatic imine (C=N–C) groups is 2. The van der Waals surface area contributed by atoms with Gasteiger partial charge in [-0.25, -0.2) is 9.97 Å². The molecule has 1 aromatic heterocycles. The summed E-state index contributed by atoms with van der Waals surface area (Å²) in [7, 11) is 0. The molecule has 0 atom stereocenters. The molecule has 1 heterocycles. The van der Waals surface area contributed by atoms with Gasteiger partial charge in [-0.3, -0.25) is 0 Å². The first-order valence-corrected chi connectivity index (χ1v) is 9.88. The number of nitriles is 2. The Labute approximate surface area is 184 Å². The van der Waals surface area contributed by atoms with Gasteiger partial charge in [0.2, 0.25) is 12.4 Å². The summed E-state index contributed by atoms with van der Waals surface area (Å²) in [5, 5.41) is 18.8. The van der Waals surface area contributed by atoms with Crippen LogP contribution >= 0.6 is 0 Å². The third-order valence-corrected chi connectivity index (χ3v) is 5.20. The minimum Gasteiger partial charge on any atom is -0.241 e. The molecule has 1 aliphatic carbocycles. The third kappa shape index (κ3) is 3.13. The predicted molar refractivity (Wildman–Crippen MR) is 122 cm³/mol. The molecule has 3 aromatic carbocycles. The van der Waals surface area contributed by atoms with Crippen LogP contribution in [0.3, 0.4) is 0 Å². The molecule has 0 saturated carbocycles. The van der Waals surface area contributed by atoms with E-state index in [1.54, 1.807) is 0 Å². The summed E-state index contributed by atoms with van der Waals surface area (Å²) in [4.78, 5) is 18.1. The Hall–Kier alpha value is -4.94. The van der Waals surface area contributed by atoms with Gasteiger partial charge >= 0.3 is 0 Å². The minimum atomic E-state index is 0.416. The van der Waals surface area contributed by atoms with Crippen molar-refractivity contribution in [1.82, 2.24) is 9.97 Å². The molecule has 32 heavy (non-hydrogen) atoms. The van der Waals surface area contributed by atoms with Gasteiger partial charge in [0.15, 0.2) is 0 Å².